The molecule has 2 unspecified atom stereocenters. The normalized spacial score (nSPS) is 16.3. The van der Waals surface area contributed by atoms with Gasteiger partial charge in [-0.05, 0) is 0 Å². The van der Waals surface area contributed by atoms with Crippen LogP contribution in [-0.4, -0.2) is 6.88 Å². The molecule has 6 aromatic rings. The summed E-state index contributed by atoms with van der Waals surface area (Å²) in [6.45, 7) is 15.4. The Kier molecular flexibility index (Phi) is 11.0. The zero-order valence-electron chi connectivity index (χ0n) is 32.0. The van der Waals surface area contributed by atoms with Crippen molar-refractivity contribution in [3.63, 3.8) is 0 Å². The maximum Gasteiger partial charge on any atom is -0.147 e. The topological polar surface area (TPSA) is 26.3 Å². The average Bonchev–Trinajstić information content (AvgIpc) is 3.89. The first-order valence-corrected chi connectivity index (χ1v) is 32.5. The molecule has 2 nitrogen and oxygen atoms in total. The summed E-state index contributed by atoms with van der Waals surface area (Å²) in [4.78, 5) is 0. The molecule has 2 aromatic heterocycles. The van der Waals surface area contributed by atoms with Crippen molar-refractivity contribution in [2.24, 2.45) is 0 Å². The molecule has 0 bridgehead atoms. The third-order valence-corrected chi connectivity index (χ3v) is 29.8. The van der Waals surface area contributed by atoms with Gasteiger partial charge in [0.1, 0.15) is 0 Å². The quantitative estimate of drug-likeness (QED) is 0.156. The van der Waals surface area contributed by atoms with E-state index in [0.29, 0.717) is 0 Å². The van der Waals surface area contributed by atoms with Crippen LogP contribution < -0.4 is 0 Å². The van der Waals surface area contributed by atoms with Crippen LogP contribution >= 0.6 is 48.0 Å². The second-order valence-corrected chi connectivity index (χ2v) is 47.5. The molecule has 0 fully saturated rings. The van der Waals surface area contributed by atoms with E-state index in [0.717, 1.165) is 44.2 Å². The number of furan rings is 2. The molecule has 8 rings (SSSR count). The fourth-order valence-electron chi connectivity index (χ4n) is 9.36. The predicted octanol–water partition coefficient (Wildman–Crippen LogP) is 14.4. The monoisotopic (exact) mass is 888 g/mol. The molecule has 2 heterocycles. The van der Waals surface area contributed by atoms with Crippen LogP contribution in [0.1, 0.15) is 74.8 Å². The van der Waals surface area contributed by atoms with Crippen LogP contribution in [0.3, 0.4) is 0 Å². The van der Waals surface area contributed by atoms with E-state index in [2.05, 4.69) is 117 Å². The fraction of sp³-hybridized carbons (Fsp3) is 0.217. The van der Waals surface area contributed by atoms with Crippen molar-refractivity contribution >= 4 is 78.2 Å². The third kappa shape index (κ3) is 6.44. The molecule has 2 atom stereocenters. The number of allylic oxidation sites excluding steroid dienone is 2. The molecule has 2 aliphatic rings. The van der Waals surface area contributed by atoms with E-state index in [1.54, 1.807) is 0 Å². The van der Waals surface area contributed by atoms with E-state index in [1.807, 2.05) is 38.1 Å². The summed E-state index contributed by atoms with van der Waals surface area (Å²) in [7, 11) is 0. The molecule has 0 radical (unpaired) electrons. The molecule has 0 N–H and O–H groups in total. The number of hydrogen-bond acceptors (Lipinski definition) is 2. The van der Waals surface area contributed by atoms with Crippen molar-refractivity contribution in [1.82, 2.24) is 0 Å². The Morgan fingerprint density at radius 2 is 0.926 bits per heavy atom. The van der Waals surface area contributed by atoms with Crippen LogP contribution in [0.15, 0.2) is 93.8 Å². The number of aryl methyl sites for hydroxylation is 4. The van der Waals surface area contributed by atoms with E-state index in [9.17, 15) is 0 Å². The summed E-state index contributed by atoms with van der Waals surface area (Å²) in [5.74, 6) is 3.73. The van der Waals surface area contributed by atoms with Gasteiger partial charge in [-0.2, -0.15) is 0 Å². The number of hydrogen-bond donors (Lipinski definition) is 0. The zero-order chi connectivity index (χ0) is 36.9. The van der Waals surface area contributed by atoms with E-state index >= 15 is 0 Å². The molecule has 0 saturated heterocycles. The van der Waals surface area contributed by atoms with Crippen molar-refractivity contribution in [3.8, 4) is 22.3 Å². The van der Waals surface area contributed by atoms with E-state index in [-0.39, 0.29) is 32.1 Å². The Bertz CT molecular complexity index is 2440. The van der Waals surface area contributed by atoms with Gasteiger partial charge in [-0.1, -0.05) is 0 Å². The largest absolute Gasteiger partial charge is 0.147 e. The minimum Gasteiger partial charge on any atom is -0.147 e. The number of benzene rings is 4. The molecule has 54 heavy (non-hydrogen) atoms. The Balaban J connectivity index is 0.00000249. The van der Waals surface area contributed by atoms with E-state index < -0.39 is 17.4 Å². The van der Waals surface area contributed by atoms with Gasteiger partial charge in [-0.25, -0.2) is 0 Å². The van der Waals surface area contributed by atoms with E-state index in [4.69, 9.17) is 32.0 Å². The summed E-state index contributed by atoms with van der Waals surface area (Å²) >= 11 is 9.71. The van der Waals surface area contributed by atoms with Gasteiger partial charge in [-0.15, -0.1) is 24.8 Å². The second kappa shape index (κ2) is 14.6. The molecule has 4 aromatic carbocycles. The summed E-state index contributed by atoms with van der Waals surface area (Å²) in [5, 5.41) is 1.53. The minimum atomic E-state index is -4.28. The Hall–Kier alpha value is -2.82. The van der Waals surface area contributed by atoms with Crippen molar-refractivity contribution in [2.75, 3.05) is 0 Å². The average molecular weight is 892 g/mol. The SMILES string of the molecule is Cc1ccc(C2=Cc3c(cc(C)c(C)c3-c3ccccc3Cl)[CH]2[Zr]([CH3])([CH3])(=[SiH2])[CH]2C(c3ccc(C)o3)=Cc3c2cc(C)c(C)c3-c2ccccc2Cl)o1.Cl.Cl. The summed E-state index contributed by atoms with van der Waals surface area (Å²) < 4.78 is 18.8. The molecule has 278 valence electrons. The fourth-order valence-corrected chi connectivity index (χ4v) is 28.2. The maximum absolute atomic E-state index is 7.00. The van der Waals surface area contributed by atoms with Gasteiger partial charge in [0, 0.05) is 0 Å². The molecular formula is C46H46Cl4O2SiZr. The van der Waals surface area contributed by atoms with Crippen LogP contribution in [-0.2, 0) is 17.4 Å². The molecule has 0 amide bonds. The maximum atomic E-state index is 7.00. The standard InChI is InChI=1S/2C22H18ClO.2CH3.2ClH.H2Si.Zr/c2*1-13-10-16-11-17(21-9-8-14(2)24-21)12-19(16)22(15(13)3)18-6-4-5-7-20(18)23;;;;;;/h2*4-12H,1-3H3;2*1H3;2*1H;1H2;. The van der Waals surface area contributed by atoms with Crippen molar-refractivity contribution in [1.29, 1.82) is 0 Å². The summed E-state index contributed by atoms with van der Waals surface area (Å²) in [5.41, 5.74) is 17.5. The van der Waals surface area contributed by atoms with Gasteiger partial charge < -0.3 is 0 Å². The van der Waals surface area contributed by atoms with Crippen LogP contribution in [0.25, 0.3) is 45.6 Å². The van der Waals surface area contributed by atoms with Gasteiger partial charge in [-0.3, -0.25) is 0 Å². The van der Waals surface area contributed by atoms with E-state index in [1.165, 1.54) is 66.8 Å². The van der Waals surface area contributed by atoms with Gasteiger partial charge >= 0.3 is 322 Å². The van der Waals surface area contributed by atoms with Crippen molar-refractivity contribution < 1.29 is 26.2 Å². The Morgan fingerprint density at radius 3 is 1.26 bits per heavy atom. The number of rotatable bonds is 6. The molecule has 8 heteroatoms. The number of fused-ring (bicyclic) bond motifs is 2. The first-order valence-electron chi connectivity index (χ1n) is 18.1. The molecule has 0 saturated carbocycles. The van der Waals surface area contributed by atoms with Gasteiger partial charge in [0.25, 0.3) is 0 Å². The Labute approximate surface area is 344 Å². The van der Waals surface area contributed by atoms with Crippen molar-refractivity contribution in [3.05, 3.63) is 163 Å². The third-order valence-electron chi connectivity index (χ3n) is 11.9. The minimum absolute atomic E-state index is 0. The smallest absolute Gasteiger partial charge is 0.147 e. The van der Waals surface area contributed by atoms with Crippen LogP contribution in [0.4, 0.5) is 0 Å². The zero-order valence-corrected chi connectivity index (χ0v) is 39.0. The van der Waals surface area contributed by atoms with Gasteiger partial charge in [0.05, 0.1) is 0 Å². The molecular weight excluding hydrogens is 846 g/mol. The van der Waals surface area contributed by atoms with Crippen LogP contribution in [0.2, 0.25) is 19.3 Å². The van der Waals surface area contributed by atoms with Gasteiger partial charge in [0.15, 0.2) is 0 Å². The first kappa shape index (κ1) is 40.8. The summed E-state index contributed by atoms with van der Waals surface area (Å²) in [6.07, 6.45) is 4.87. The van der Waals surface area contributed by atoms with Crippen molar-refractivity contribution in [2.45, 2.75) is 58.1 Å². The van der Waals surface area contributed by atoms with Crippen LogP contribution in [0, 0.1) is 41.5 Å². The first-order chi connectivity index (χ1) is 24.6. The van der Waals surface area contributed by atoms with Gasteiger partial charge in [0.2, 0.25) is 0 Å². The number of halogens is 4. The second-order valence-electron chi connectivity index (χ2n) is 16.2. The molecule has 2 aliphatic carbocycles. The summed E-state index contributed by atoms with van der Waals surface area (Å²) in [6, 6.07) is 30.0. The molecule has 0 aliphatic heterocycles. The molecule has 0 spiro atoms. The predicted molar refractivity (Wildman–Crippen MR) is 236 cm³/mol. The Morgan fingerprint density at radius 1 is 0.556 bits per heavy atom. The van der Waals surface area contributed by atoms with Crippen LogP contribution in [0.5, 0.6) is 0 Å².